The van der Waals surface area contributed by atoms with Gasteiger partial charge in [-0.15, -0.1) is 0 Å². The lowest BCUT2D eigenvalue weighted by molar-refractivity contribution is 0.0949. The third-order valence-electron chi connectivity index (χ3n) is 3.92. The second kappa shape index (κ2) is 7.23. The van der Waals surface area contributed by atoms with E-state index in [1.165, 1.54) is 18.6 Å². The second-order valence-electron chi connectivity index (χ2n) is 8.25. The average Bonchev–Trinajstić information content (AvgIpc) is 2.54. The molecule has 1 aromatic heterocycles. The Kier molecular flexibility index (Phi) is 5.44. The Bertz CT molecular complexity index is 781. The van der Waals surface area contributed by atoms with Crippen LogP contribution in [0.4, 0.5) is 0 Å². The number of rotatable bonds is 3. The van der Waals surface area contributed by atoms with Gasteiger partial charge in [0.25, 0.3) is 5.91 Å². The van der Waals surface area contributed by atoms with Crippen molar-refractivity contribution in [2.24, 2.45) is 5.10 Å². The Labute approximate surface area is 154 Å². The Morgan fingerprint density at radius 3 is 2.12 bits per heavy atom. The summed E-state index contributed by atoms with van der Waals surface area (Å²) in [5.74, 6) is -0.119. The molecule has 1 heterocycles. The van der Waals surface area contributed by atoms with Crippen LogP contribution >= 0.6 is 0 Å². The summed E-state index contributed by atoms with van der Waals surface area (Å²) < 4.78 is 0. The van der Waals surface area contributed by atoms with Crippen LogP contribution in [0.1, 0.15) is 68.7 Å². The van der Waals surface area contributed by atoms with Crippen molar-refractivity contribution in [3.8, 4) is 5.75 Å². The molecule has 0 saturated carbocycles. The smallest absolute Gasteiger partial charge is 0.291 e. The van der Waals surface area contributed by atoms with Crippen molar-refractivity contribution in [3.05, 3.63) is 53.1 Å². The van der Waals surface area contributed by atoms with Crippen molar-refractivity contribution in [1.82, 2.24) is 15.4 Å². The lowest BCUT2D eigenvalue weighted by Gasteiger charge is -2.27. The highest BCUT2D eigenvalue weighted by molar-refractivity contribution is 5.92. The molecule has 0 fully saturated rings. The first-order valence-electron chi connectivity index (χ1n) is 8.47. The van der Waals surface area contributed by atoms with Gasteiger partial charge in [0.05, 0.1) is 12.4 Å². The molecule has 0 aliphatic heterocycles. The molecule has 6 nitrogen and oxygen atoms in total. The number of benzene rings is 1. The van der Waals surface area contributed by atoms with Crippen LogP contribution in [0, 0.1) is 0 Å². The van der Waals surface area contributed by atoms with Gasteiger partial charge in [-0.3, -0.25) is 9.78 Å². The van der Waals surface area contributed by atoms with E-state index in [2.05, 4.69) is 20.5 Å². The maximum absolute atomic E-state index is 12.0. The summed E-state index contributed by atoms with van der Waals surface area (Å²) >= 11 is 0. The normalized spacial score (nSPS) is 12.4. The summed E-state index contributed by atoms with van der Waals surface area (Å²) in [5, 5.41) is 14.7. The Balaban J connectivity index is 2.33. The molecule has 0 unspecified atom stereocenters. The average molecular weight is 354 g/mol. The van der Waals surface area contributed by atoms with E-state index >= 15 is 0 Å². The summed E-state index contributed by atoms with van der Waals surface area (Å²) in [6.07, 6.45) is 5.89. The zero-order valence-electron chi connectivity index (χ0n) is 16.2. The van der Waals surface area contributed by atoms with Crippen molar-refractivity contribution >= 4 is 12.1 Å². The van der Waals surface area contributed by atoms with Crippen LogP contribution in [0.3, 0.4) is 0 Å². The van der Waals surface area contributed by atoms with E-state index in [0.29, 0.717) is 5.75 Å². The van der Waals surface area contributed by atoms with Gasteiger partial charge in [0.1, 0.15) is 11.4 Å². The van der Waals surface area contributed by atoms with Crippen molar-refractivity contribution in [3.63, 3.8) is 0 Å². The van der Waals surface area contributed by atoms with Gasteiger partial charge in [-0.05, 0) is 28.5 Å². The number of hydrogen-bond acceptors (Lipinski definition) is 5. The standard InChI is InChI=1S/C20H26N4O2/c1-19(2,3)14-9-13(10-15(17(14)25)20(4,5)6)11-23-24-18(26)16-12-21-7-8-22-16/h7-12,25H,1-6H3,(H,24,26)/b23-11-. The lowest BCUT2D eigenvalue weighted by Crippen LogP contribution is -2.20. The number of hydrazone groups is 1. The molecule has 26 heavy (non-hydrogen) atoms. The number of aromatic hydroxyl groups is 1. The molecule has 2 N–H and O–H groups in total. The highest BCUT2D eigenvalue weighted by Crippen LogP contribution is 2.39. The maximum atomic E-state index is 12.0. The first kappa shape index (κ1) is 19.6. The maximum Gasteiger partial charge on any atom is 0.291 e. The first-order valence-corrected chi connectivity index (χ1v) is 8.47. The molecule has 1 amide bonds. The summed E-state index contributed by atoms with van der Waals surface area (Å²) in [4.78, 5) is 19.8. The fraction of sp³-hybridized carbons (Fsp3) is 0.400. The summed E-state index contributed by atoms with van der Waals surface area (Å²) in [6.45, 7) is 12.3. The van der Waals surface area contributed by atoms with Crippen LogP contribution in [-0.4, -0.2) is 27.2 Å². The number of nitrogens with one attached hydrogen (secondary N) is 1. The summed E-state index contributed by atoms with van der Waals surface area (Å²) in [7, 11) is 0. The minimum atomic E-state index is -0.430. The van der Waals surface area contributed by atoms with Gasteiger partial charge < -0.3 is 5.11 Å². The monoisotopic (exact) mass is 354 g/mol. The molecule has 0 spiro atoms. The molecule has 0 atom stereocenters. The van der Waals surface area contributed by atoms with Crippen LogP contribution in [0.5, 0.6) is 5.75 Å². The Morgan fingerprint density at radius 1 is 1.08 bits per heavy atom. The number of hydrogen-bond donors (Lipinski definition) is 2. The van der Waals surface area contributed by atoms with Crippen LogP contribution in [0.25, 0.3) is 0 Å². The van der Waals surface area contributed by atoms with Crippen molar-refractivity contribution in [2.75, 3.05) is 0 Å². The molecule has 0 aliphatic carbocycles. The molecule has 0 bridgehead atoms. The Hall–Kier alpha value is -2.76. The Morgan fingerprint density at radius 2 is 1.65 bits per heavy atom. The molecule has 2 rings (SSSR count). The van der Waals surface area contributed by atoms with Gasteiger partial charge in [-0.25, -0.2) is 10.4 Å². The minimum absolute atomic E-state index is 0.195. The second-order valence-corrected chi connectivity index (χ2v) is 8.25. The van der Waals surface area contributed by atoms with Crippen molar-refractivity contribution < 1.29 is 9.90 Å². The molecule has 0 saturated heterocycles. The van der Waals surface area contributed by atoms with Gasteiger partial charge in [0, 0.05) is 23.5 Å². The van der Waals surface area contributed by atoms with Crippen LogP contribution in [0.2, 0.25) is 0 Å². The number of aromatic nitrogens is 2. The zero-order valence-corrected chi connectivity index (χ0v) is 16.2. The van der Waals surface area contributed by atoms with E-state index in [0.717, 1.165) is 16.7 Å². The molecule has 0 radical (unpaired) electrons. The molecule has 2 aromatic rings. The SMILES string of the molecule is CC(C)(C)c1cc(/C=N\NC(=O)c2cnccn2)cc(C(C)(C)C)c1O. The van der Waals surface area contributed by atoms with Crippen LogP contribution in [0.15, 0.2) is 35.8 Å². The van der Waals surface area contributed by atoms with Gasteiger partial charge >= 0.3 is 0 Å². The highest BCUT2D eigenvalue weighted by atomic mass is 16.3. The number of amides is 1. The minimum Gasteiger partial charge on any atom is -0.507 e. The molecule has 0 aliphatic rings. The van der Waals surface area contributed by atoms with Crippen LogP contribution < -0.4 is 5.43 Å². The highest BCUT2D eigenvalue weighted by Gasteiger charge is 2.26. The third kappa shape index (κ3) is 4.65. The van der Waals surface area contributed by atoms with Gasteiger partial charge in [0.15, 0.2) is 0 Å². The number of carbonyl (C=O) groups excluding carboxylic acids is 1. The molecule has 138 valence electrons. The van der Waals surface area contributed by atoms with Crippen molar-refractivity contribution in [2.45, 2.75) is 52.4 Å². The lowest BCUT2D eigenvalue weighted by atomic mass is 9.78. The summed E-state index contributed by atoms with van der Waals surface area (Å²) in [5.41, 5.74) is 4.67. The number of carbonyl (C=O) groups is 1. The van der Waals surface area contributed by atoms with Crippen molar-refractivity contribution in [1.29, 1.82) is 0 Å². The predicted octanol–water partition coefficient (Wildman–Crippen LogP) is 3.54. The fourth-order valence-corrected chi connectivity index (χ4v) is 2.51. The number of phenols is 1. The molecular weight excluding hydrogens is 328 g/mol. The van der Waals surface area contributed by atoms with E-state index in [9.17, 15) is 9.90 Å². The summed E-state index contributed by atoms with van der Waals surface area (Å²) in [6, 6.07) is 3.78. The van der Waals surface area contributed by atoms with E-state index in [4.69, 9.17) is 0 Å². The molecular formula is C20H26N4O2. The van der Waals surface area contributed by atoms with E-state index < -0.39 is 5.91 Å². The first-order chi connectivity index (χ1) is 12.0. The predicted molar refractivity (Wildman–Crippen MR) is 103 cm³/mol. The quantitative estimate of drug-likeness (QED) is 0.652. The van der Waals surface area contributed by atoms with E-state index in [-0.39, 0.29) is 16.5 Å². The van der Waals surface area contributed by atoms with E-state index in [1.807, 2.05) is 53.7 Å². The van der Waals surface area contributed by atoms with Gasteiger partial charge in [-0.1, -0.05) is 41.5 Å². The topological polar surface area (TPSA) is 87.5 Å². The molecule has 1 aromatic carbocycles. The number of nitrogens with zero attached hydrogens (tertiary/aromatic N) is 3. The fourth-order valence-electron chi connectivity index (χ4n) is 2.51. The largest absolute Gasteiger partial charge is 0.507 e. The van der Waals surface area contributed by atoms with Gasteiger partial charge in [-0.2, -0.15) is 5.10 Å². The third-order valence-corrected chi connectivity index (χ3v) is 3.92. The zero-order chi connectivity index (χ0) is 19.5. The van der Waals surface area contributed by atoms with E-state index in [1.54, 1.807) is 6.21 Å². The number of phenolic OH excluding ortho intramolecular Hbond substituents is 1. The van der Waals surface area contributed by atoms with Crippen LogP contribution in [-0.2, 0) is 10.8 Å². The molecule has 6 heteroatoms. The van der Waals surface area contributed by atoms with Gasteiger partial charge in [0.2, 0.25) is 0 Å².